The molecule has 5 heteroatoms. The highest BCUT2D eigenvalue weighted by Crippen LogP contribution is 2.46. The van der Waals surface area contributed by atoms with E-state index in [2.05, 4.69) is 34.6 Å². The maximum absolute atomic E-state index is 12.6. The molecule has 0 atom stereocenters. The maximum atomic E-state index is 12.6. The fraction of sp³-hybridized carbons (Fsp3) is 0.619. The summed E-state index contributed by atoms with van der Waals surface area (Å²) in [7, 11) is 0. The first-order chi connectivity index (χ1) is 12.4. The number of rotatable bonds is 6. The lowest BCUT2D eigenvalue weighted by Crippen LogP contribution is -2.41. The zero-order chi connectivity index (χ0) is 18.7. The van der Waals surface area contributed by atoms with Crippen LogP contribution in [-0.4, -0.2) is 31.4 Å². The van der Waals surface area contributed by atoms with Gasteiger partial charge in [0.1, 0.15) is 5.41 Å². The van der Waals surface area contributed by atoms with E-state index >= 15 is 0 Å². The molecular weight excluding hydrogens is 326 g/mol. The molecule has 1 aliphatic heterocycles. The first-order valence-corrected chi connectivity index (χ1v) is 9.85. The average molecular weight is 357 g/mol. The predicted molar refractivity (Wildman–Crippen MR) is 105 cm³/mol. The van der Waals surface area contributed by atoms with Gasteiger partial charge in [-0.2, -0.15) is 0 Å². The second kappa shape index (κ2) is 7.68. The molecule has 2 N–H and O–H groups in total. The van der Waals surface area contributed by atoms with Crippen molar-refractivity contribution in [2.75, 3.05) is 29.9 Å². The van der Waals surface area contributed by atoms with Gasteiger partial charge in [0, 0.05) is 31.0 Å². The van der Waals surface area contributed by atoms with Crippen LogP contribution in [0.3, 0.4) is 0 Å². The second-order valence-corrected chi connectivity index (χ2v) is 8.36. The van der Waals surface area contributed by atoms with Gasteiger partial charge in [-0.15, -0.1) is 0 Å². The van der Waals surface area contributed by atoms with Crippen molar-refractivity contribution in [1.82, 2.24) is 5.32 Å². The summed E-state index contributed by atoms with van der Waals surface area (Å²) >= 11 is 0. The number of hydrogen-bond acceptors (Lipinski definition) is 3. The van der Waals surface area contributed by atoms with Crippen LogP contribution in [0.1, 0.15) is 46.5 Å². The minimum atomic E-state index is -0.865. The van der Waals surface area contributed by atoms with Crippen LogP contribution in [0.25, 0.3) is 0 Å². The summed E-state index contributed by atoms with van der Waals surface area (Å²) < 4.78 is 0. The smallest absolute Gasteiger partial charge is 0.240 e. The lowest BCUT2D eigenvalue weighted by Gasteiger charge is -2.32. The molecule has 1 aromatic carbocycles. The van der Waals surface area contributed by atoms with Gasteiger partial charge in [-0.05, 0) is 61.8 Å². The van der Waals surface area contributed by atoms with Crippen LogP contribution < -0.4 is 15.5 Å². The number of nitrogens with zero attached hydrogens (tertiary/aromatic N) is 1. The molecule has 26 heavy (non-hydrogen) atoms. The predicted octanol–water partition coefficient (Wildman–Crippen LogP) is 3.41. The number of benzene rings is 1. The Morgan fingerprint density at radius 1 is 1.12 bits per heavy atom. The summed E-state index contributed by atoms with van der Waals surface area (Å²) in [4.78, 5) is 27.4. The Morgan fingerprint density at radius 2 is 1.73 bits per heavy atom. The van der Waals surface area contributed by atoms with Gasteiger partial charge in [0.15, 0.2) is 0 Å². The Bertz CT molecular complexity index is 642. The molecule has 0 bridgehead atoms. The minimum Gasteiger partial charge on any atom is -0.372 e. The molecule has 1 saturated carbocycles. The van der Waals surface area contributed by atoms with E-state index in [0.29, 0.717) is 25.3 Å². The standard InChI is InChI=1S/C21H31N3O2/c1-15(2)14-22-19(25)21(10-11-21)20(26)23-17-4-6-18(7-5-17)24-12-8-16(3)9-13-24/h4-7,15-16H,8-14H2,1-3H3,(H,22,25)(H,23,26). The number of hydrogen-bond donors (Lipinski definition) is 2. The zero-order valence-electron chi connectivity index (χ0n) is 16.2. The molecule has 142 valence electrons. The van der Waals surface area contributed by atoms with Crippen molar-refractivity contribution in [3.05, 3.63) is 24.3 Å². The highest BCUT2D eigenvalue weighted by molar-refractivity contribution is 6.13. The van der Waals surface area contributed by atoms with E-state index in [0.717, 1.165) is 24.7 Å². The third-order valence-corrected chi connectivity index (χ3v) is 5.56. The topological polar surface area (TPSA) is 61.4 Å². The van der Waals surface area contributed by atoms with Crippen molar-refractivity contribution in [3.63, 3.8) is 0 Å². The molecule has 2 amide bonds. The van der Waals surface area contributed by atoms with Gasteiger partial charge in [-0.25, -0.2) is 0 Å². The van der Waals surface area contributed by atoms with E-state index < -0.39 is 5.41 Å². The molecule has 1 aromatic rings. The van der Waals surface area contributed by atoms with Crippen molar-refractivity contribution in [2.45, 2.75) is 46.5 Å². The van der Waals surface area contributed by atoms with Crippen LogP contribution in [0.5, 0.6) is 0 Å². The highest BCUT2D eigenvalue weighted by Gasteiger charge is 2.56. The third kappa shape index (κ3) is 4.19. The molecule has 1 aliphatic carbocycles. The fourth-order valence-electron chi connectivity index (χ4n) is 3.42. The van der Waals surface area contributed by atoms with Crippen molar-refractivity contribution in [1.29, 1.82) is 0 Å². The first kappa shape index (κ1) is 18.7. The van der Waals surface area contributed by atoms with Crippen molar-refractivity contribution in [2.24, 2.45) is 17.3 Å². The summed E-state index contributed by atoms with van der Waals surface area (Å²) in [6, 6.07) is 7.99. The van der Waals surface area contributed by atoms with Gasteiger partial charge in [0.2, 0.25) is 11.8 Å². The van der Waals surface area contributed by atoms with E-state index in [1.165, 1.54) is 18.5 Å². The Morgan fingerprint density at radius 3 is 2.27 bits per heavy atom. The molecule has 0 radical (unpaired) electrons. The Hall–Kier alpha value is -2.04. The van der Waals surface area contributed by atoms with Crippen LogP contribution in [0, 0.1) is 17.3 Å². The molecule has 5 nitrogen and oxygen atoms in total. The van der Waals surface area contributed by atoms with Crippen molar-refractivity contribution in [3.8, 4) is 0 Å². The molecule has 1 saturated heterocycles. The van der Waals surface area contributed by atoms with E-state index in [4.69, 9.17) is 0 Å². The molecule has 2 aliphatic rings. The highest BCUT2D eigenvalue weighted by atomic mass is 16.2. The molecule has 0 unspecified atom stereocenters. The Balaban J connectivity index is 1.57. The van der Waals surface area contributed by atoms with E-state index in [1.807, 2.05) is 26.0 Å². The van der Waals surface area contributed by atoms with Crippen LogP contribution in [0.15, 0.2) is 24.3 Å². The third-order valence-electron chi connectivity index (χ3n) is 5.56. The number of carbonyl (C=O) groups is 2. The van der Waals surface area contributed by atoms with Crippen LogP contribution in [0.4, 0.5) is 11.4 Å². The van der Waals surface area contributed by atoms with Gasteiger partial charge in [0.05, 0.1) is 0 Å². The molecule has 2 fully saturated rings. The van der Waals surface area contributed by atoms with Crippen LogP contribution >= 0.6 is 0 Å². The average Bonchev–Trinajstić information content (AvgIpc) is 3.43. The molecular formula is C21H31N3O2. The van der Waals surface area contributed by atoms with Gasteiger partial charge >= 0.3 is 0 Å². The summed E-state index contributed by atoms with van der Waals surface area (Å²) in [6.45, 7) is 9.19. The molecule has 1 heterocycles. The SMILES string of the molecule is CC(C)CNC(=O)C1(C(=O)Nc2ccc(N3CCC(C)CC3)cc2)CC1. The summed E-state index contributed by atoms with van der Waals surface area (Å²) in [5, 5.41) is 5.83. The molecule has 3 rings (SSSR count). The van der Waals surface area contributed by atoms with E-state index in [-0.39, 0.29) is 11.8 Å². The summed E-state index contributed by atoms with van der Waals surface area (Å²) in [6.07, 6.45) is 3.72. The van der Waals surface area contributed by atoms with Gasteiger partial charge in [-0.1, -0.05) is 20.8 Å². The van der Waals surface area contributed by atoms with E-state index in [9.17, 15) is 9.59 Å². The Kier molecular flexibility index (Phi) is 5.54. The fourth-order valence-corrected chi connectivity index (χ4v) is 3.42. The lowest BCUT2D eigenvalue weighted by atomic mass is 9.99. The quantitative estimate of drug-likeness (QED) is 0.767. The molecule has 0 aromatic heterocycles. The normalized spacial score (nSPS) is 19.3. The largest absolute Gasteiger partial charge is 0.372 e. The second-order valence-electron chi connectivity index (χ2n) is 8.36. The van der Waals surface area contributed by atoms with E-state index in [1.54, 1.807) is 0 Å². The first-order valence-electron chi connectivity index (χ1n) is 9.85. The number of amides is 2. The summed E-state index contributed by atoms with van der Waals surface area (Å²) in [5.74, 6) is 0.866. The zero-order valence-corrected chi connectivity index (χ0v) is 16.2. The Labute approximate surface area is 156 Å². The monoisotopic (exact) mass is 357 g/mol. The van der Waals surface area contributed by atoms with Crippen LogP contribution in [-0.2, 0) is 9.59 Å². The molecule has 0 spiro atoms. The van der Waals surface area contributed by atoms with Gasteiger partial charge in [-0.3, -0.25) is 9.59 Å². The summed E-state index contributed by atoms with van der Waals surface area (Å²) in [5.41, 5.74) is 1.09. The number of anilines is 2. The number of nitrogens with one attached hydrogen (secondary N) is 2. The van der Waals surface area contributed by atoms with Crippen molar-refractivity contribution >= 4 is 23.2 Å². The van der Waals surface area contributed by atoms with Gasteiger partial charge in [0.25, 0.3) is 0 Å². The number of carbonyl (C=O) groups excluding carboxylic acids is 2. The van der Waals surface area contributed by atoms with Crippen molar-refractivity contribution < 1.29 is 9.59 Å². The van der Waals surface area contributed by atoms with Gasteiger partial charge < -0.3 is 15.5 Å². The van der Waals surface area contributed by atoms with Crippen LogP contribution in [0.2, 0.25) is 0 Å². The minimum absolute atomic E-state index is 0.136. The maximum Gasteiger partial charge on any atom is 0.240 e. The lowest BCUT2D eigenvalue weighted by molar-refractivity contribution is -0.134. The number of piperidine rings is 1.